The van der Waals surface area contributed by atoms with Crippen molar-refractivity contribution in [3.05, 3.63) is 52.2 Å². The van der Waals surface area contributed by atoms with Crippen LogP contribution in [0.2, 0.25) is 0 Å². The van der Waals surface area contributed by atoms with E-state index in [9.17, 15) is 13.9 Å². The second-order valence-corrected chi connectivity index (χ2v) is 6.74. The number of nitrogens with zero attached hydrogens (tertiary/aromatic N) is 1. The largest absolute Gasteiger partial charge is 0.489 e. The number of rotatable bonds is 8. The van der Waals surface area contributed by atoms with E-state index in [1.54, 1.807) is 6.92 Å². The Morgan fingerprint density at radius 3 is 2.70 bits per heavy atom. The van der Waals surface area contributed by atoms with Gasteiger partial charge in [-0.3, -0.25) is 0 Å². The molecule has 9 heteroatoms. The van der Waals surface area contributed by atoms with Crippen molar-refractivity contribution in [1.29, 1.82) is 0 Å². The zero-order valence-electron chi connectivity index (χ0n) is 15.2. The average molecular weight is 511 g/mol. The minimum absolute atomic E-state index is 0. The van der Waals surface area contributed by atoms with Gasteiger partial charge in [0.1, 0.15) is 18.0 Å². The Labute approximate surface area is 178 Å². The molecule has 0 bridgehead atoms. The topological polar surface area (TPSA) is 65.9 Å². The van der Waals surface area contributed by atoms with Crippen molar-refractivity contribution in [2.24, 2.45) is 4.99 Å². The maximum atomic E-state index is 13.5. The van der Waals surface area contributed by atoms with Gasteiger partial charge in [0, 0.05) is 17.5 Å². The predicted molar refractivity (Wildman–Crippen MR) is 115 cm³/mol. The lowest BCUT2D eigenvalue weighted by Crippen LogP contribution is -2.40. The summed E-state index contributed by atoms with van der Waals surface area (Å²) in [5, 5.41) is 18.5. The Hall–Kier alpha value is -1.46. The van der Waals surface area contributed by atoms with Crippen LogP contribution in [0.4, 0.5) is 8.78 Å². The molecule has 3 N–H and O–H groups in total. The monoisotopic (exact) mass is 511 g/mol. The van der Waals surface area contributed by atoms with E-state index >= 15 is 0 Å². The zero-order valence-corrected chi connectivity index (χ0v) is 18.3. The van der Waals surface area contributed by atoms with Crippen molar-refractivity contribution in [1.82, 2.24) is 10.6 Å². The number of hydrogen-bond acceptors (Lipinski definition) is 4. The summed E-state index contributed by atoms with van der Waals surface area (Å²) in [4.78, 5) is 5.23. The summed E-state index contributed by atoms with van der Waals surface area (Å²) < 4.78 is 31.6. The van der Waals surface area contributed by atoms with E-state index in [2.05, 4.69) is 15.6 Å². The molecule has 0 aliphatic rings. The van der Waals surface area contributed by atoms with E-state index in [-0.39, 0.29) is 42.9 Å². The number of aliphatic hydroxyl groups is 1. The second-order valence-electron chi connectivity index (χ2n) is 5.80. The Kier molecular flexibility index (Phi) is 9.95. The fraction of sp³-hybridized carbons (Fsp3) is 0.389. The van der Waals surface area contributed by atoms with Gasteiger partial charge in [-0.15, -0.1) is 35.3 Å². The van der Waals surface area contributed by atoms with E-state index in [0.717, 1.165) is 17.0 Å². The smallest absolute Gasteiger partial charge is 0.191 e. The van der Waals surface area contributed by atoms with Gasteiger partial charge in [-0.2, -0.15) is 0 Å². The average Bonchev–Trinajstić information content (AvgIpc) is 3.13. The van der Waals surface area contributed by atoms with Crippen LogP contribution in [-0.2, 0) is 5.60 Å². The van der Waals surface area contributed by atoms with Crippen LogP contribution in [0.25, 0.3) is 0 Å². The minimum atomic E-state index is -1.05. The first-order valence-corrected chi connectivity index (χ1v) is 9.16. The number of aliphatic imine (C=N–C) groups is 1. The van der Waals surface area contributed by atoms with Crippen LogP contribution in [0.3, 0.4) is 0 Å². The summed E-state index contributed by atoms with van der Waals surface area (Å²) in [7, 11) is 0. The van der Waals surface area contributed by atoms with Crippen LogP contribution in [0.5, 0.6) is 5.75 Å². The van der Waals surface area contributed by atoms with Crippen molar-refractivity contribution < 1.29 is 18.6 Å². The summed E-state index contributed by atoms with van der Waals surface area (Å²) in [5.74, 6) is -0.867. The minimum Gasteiger partial charge on any atom is -0.489 e. The van der Waals surface area contributed by atoms with E-state index in [1.807, 2.05) is 24.4 Å². The van der Waals surface area contributed by atoms with E-state index < -0.39 is 17.2 Å². The van der Waals surface area contributed by atoms with Gasteiger partial charge in [0.15, 0.2) is 17.5 Å². The summed E-state index contributed by atoms with van der Waals surface area (Å²) >= 11 is 1.47. The summed E-state index contributed by atoms with van der Waals surface area (Å²) in [6.07, 6.45) is 0. The first-order chi connectivity index (χ1) is 12.4. The number of nitrogens with one attached hydrogen (secondary N) is 2. The Morgan fingerprint density at radius 1 is 1.30 bits per heavy atom. The quantitative estimate of drug-likeness (QED) is 0.220. The first-order valence-electron chi connectivity index (χ1n) is 8.29. The predicted octanol–water partition coefficient (Wildman–Crippen LogP) is 3.49. The molecule has 150 valence electrons. The first kappa shape index (κ1) is 23.6. The second kappa shape index (κ2) is 11.4. The van der Waals surface area contributed by atoms with Gasteiger partial charge in [0.25, 0.3) is 0 Å². The molecule has 1 unspecified atom stereocenters. The molecule has 2 rings (SSSR count). The number of hydrogen-bond donors (Lipinski definition) is 3. The highest BCUT2D eigenvalue weighted by molar-refractivity contribution is 14.0. The molecule has 0 radical (unpaired) electrons. The van der Waals surface area contributed by atoms with Crippen LogP contribution in [0.15, 0.2) is 40.7 Å². The van der Waals surface area contributed by atoms with Gasteiger partial charge < -0.3 is 20.5 Å². The van der Waals surface area contributed by atoms with Crippen molar-refractivity contribution in [3.63, 3.8) is 0 Å². The van der Waals surface area contributed by atoms with Gasteiger partial charge >= 0.3 is 0 Å². The molecule has 2 aromatic rings. The number of thiophene rings is 1. The number of guanidine groups is 1. The molecule has 1 aromatic carbocycles. The third-order valence-corrected chi connectivity index (χ3v) is 4.61. The lowest BCUT2D eigenvalue weighted by atomic mass is 10.1. The highest BCUT2D eigenvalue weighted by atomic mass is 127. The third kappa shape index (κ3) is 7.59. The third-order valence-electron chi connectivity index (χ3n) is 3.49. The fourth-order valence-corrected chi connectivity index (χ4v) is 2.94. The molecule has 0 saturated carbocycles. The van der Waals surface area contributed by atoms with Crippen molar-refractivity contribution in [2.75, 3.05) is 26.2 Å². The SMILES string of the molecule is CCNC(=NCC(C)(O)c1cccs1)NCCOc1ccc(F)cc1F.I. The molecular formula is C18H24F2IN3O2S. The number of halogens is 3. The molecule has 0 saturated heterocycles. The van der Waals surface area contributed by atoms with Gasteiger partial charge in [-0.05, 0) is 37.4 Å². The van der Waals surface area contributed by atoms with Crippen molar-refractivity contribution in [2.45, 2.75) is 19.4 Å². The standard InChI is InChI=1S/C18H23F2N3O2S.HI/c1-3-21-17(23-12-18(2,24)16-5-4-10-26-16)22-8-9-25-15-7-6-13(19)11-14(15)20;/h4-7,10-11,24H,3,8-9,12H2,1-2H3,(H2,21,22,23);1H. The molecule has 0 fully saturated rings. The Bertz CT molecular complexity index is 727. The van der Waals surface area contributed by atoms with Crippen molar-refractivity contribution in [3.8, 4) is 5.75 Å². The molecule has 5 nitrogen and oxygen atoms in total. The Morgan fingerprint density at radius 2 is 2.07 bits per heavy atom. The Balaban J connectivity index is 0.00000364. The molecule has 1 heterocycles. The van der Waals surface area contributed by atoms with Gasteiger partial charge in [-0.25, -0.2) is 13.8 Å². The number of ether oxygens (including phenoxy) is 1. The molecule has 0 aliphatic heterocycles. The zero-order chi connectivity index (χ0) is 19.0. The van der Waals surface area contributed by atoms with E-state index in [0.29, 0.717) is 19.0 Å². The van der Waals surface area contributed by atoms with Crippen LogP contribution in [0.1, 0.15) is 18.7 Å². The normalized spacial score (nSPS) is 13.4. The maximum Gasteiger partial charge on any atom is 0.191 e. The van der Waals surface area contributed by atoms with Crippen LogP contribution in [0, 0.1) is 11.6 Å². The van der Waals surface area contributed by atoms with Gasteiger partial charge in [-0.1, -0.05) is 6.07 Å². The molecule has 1 atom stereocenters. The van der Waals surface area contributed by atoms with E-state index in [4.69, 9.17) is 4.74 Å². The highest BCUT2D eigenvalue weighted by Crippen LogP contribution is 2.25. The molecular weight excluding hydrogens is 487 g/mol. The summed E-state index contributed by atoms with van der Waals surface area (Å²) in [5.41, 5.74) is -1.05. The van der Waals surface area contributed by atoms with Gasteiger partial charge in [0.05, 0.1) is 13.1 Å². The van der Waals surface area contributed by atoms with Crippen LogP contribution in [-0.4, -0.2) is 37.3 Å². The van der Waals surface area contributed by atoms with Crippen LogP contribution >= 0.6 is 35.3 Å². The lowest BCUT2D eigenvalue weighted by Gasteiger charge is -2.20. The summed E-state index contributed by atoms with van der Waals surface area (Å²) in [6, 6.07) is 6.92. The number of benzene rings is 1. The molecule has 0 aliphatic carbocycles. The highest BCUT2D eigenvalue weighted by Gasteiger charge is 2.23. The summed E-state index contributed by atoms with van der Waals surface area (Å²) in [6.45, 7) is 5.03. The van der Waals surface area contributed by atoms with E-state index in [1.165, 1.54) is 17.4 Å². The van der Waals surface area contributed by atoms with Gasteiger partial charge in [0.2, 0.25) is 0 Å². The molecule has 1 aromatic heterocycles. The lowest BCUT2D eigenvalue weighted by molar-refractivity contribution is 0.0711. The molecule has 0 amide bonds. The van der Waals surface area contributed by atoms with Crippen LogP contribution < -0.4 is 15.4 Å². The van der Waals surface area contributed by atoms with Crippen molar-refractivity contribution >= 4 is 41.3 Å². The molecule has 0 spiro atoms. The molecule has 27 heavy (non-hydrogen) atoms. The maximum absolute atomic E-state index is 13.5. The fourth-order valence-electron chi connectivity index (χ4n) is 2.16.